The number of aryl methyl sites for hydroxylation is 1. The molecule has 6 heteroatoms. The van der Waals surface area contributed by atoms with Gasteiger partial charge in [-0.15, -0.1) is 0 Å². The van der Waals surface area contributed by atoms with Crippen LogP contribution in [0.4, 0.5) is 5.69 Å². The van der Waals surface area contributed by atoms with Crippen LogP contribution >= 0.6 is 0 Å². The van der Waals surface area contributed by atoms with Crippen LogP contribution in [0.1, 0.15) is 39.4 Å². The summed E-state index contributed by atoms with van der Waals surface area (Å²) in [7, 11) is 1.62. The number of hydrogen-bond donors (Lipinski definition) is 1. The van der Waals surface area contributed by atoms with Gasteiger partial charge in [0, 0.05) is 36.2 Å². The van der Waals surface area contributed by atoms with Gasteiger partial charge in [-0.2, -0.15) is 0 Å². The van der Waals surface area contributed by atoms with Crippen LogP contribution in [-0.2, 0) is 11.4 Å². The van der Waals surface area contributed by atoms with Crippen LogP contribution in [0.15, 0.2) is 66.7 Å². The summed E-state index contributed by atoms with van der Waals surface area (Å²) in [5.41, 5.74) is 9.68. The third-order valence-corrected chi connectivity index (χ3v) is 5.87. The Labute approximate surface area is 187 Å². The second-order valence-electron chi connectivity index (χ2n) is 7.94. The molecule has 4 rings (SSSR count). The van der Waals surface area contributed by atoms with Gasteiger partial charge in [0.15, 0.2) is 0 Å². The number of primary amides is 1. The minimum absolute atomic E-state index is 0.00251. The lowest BCUT2D eigenvalue weighted by atomic mass is 9.97. The summed E-state index contributed by atoms with van der Waals surface area (Å²) in [6.45, 7) is 2.98. The molecular formula is C26H26N2O4. The molecule has 32 heavy (non-hydrogen) atoms. The van der Waals surface area contributed by atoms with Crippen molar-refractivity contribution in [3.8, 4) is 11.5 Å². The molecule has 0 saturated carbocycles. The molecule has 0 radical (unpaired) electrons. The monoisotopic (exact) mass is 430 g/mol. The second kappa shape index (κ2) is 9.14. The van der Waals surface area contributed by atoms with Crippen molar-refractivity contribution in [3.63, 3.8) is 0 Å². The van der Waals surface area contributed by atoms with E-state index < -0.39 is 5.91 Å². The van der Waals surface area contributed by atoms with E-state index >= 15 is 0 Å². The third-order valence-electron chi connectivity index (χ3n) is 5.87. The molecule has 164 valence electrons. The highest BCUT2D eigenvalue weighted by Crippen LogP contribution is 2.38. The molecule has 1 aliphatic heterocycles. The maximum absolute atomic E-state index is 12.8. The lowest BCUT2D eigenvalue weighted by molar-refractivity contribution is -0.117. The van der Waals surface area contributed by atoms with Crippen LogP contribution in [-0.4, -0.2) is 25.5 Å². The Hall–Kier alpha value is -3.80. The van der Waals surface area contributed by atoms with Gasteiger partial charge in [-0.25, -0.2) is 0 Å². The first-order chi connectivity index (χ1) is 15.5. The van der Waals surface area contributed by atoms with Crippen molar-refractivity contribution >= 4 is 17.5 Å². The average molecular weight is 431 g/mol. The number of carbonyl (C=O) groups is 2. The lowest BCUT2D eigenvalue weighted by Gasteiger charge is -2.20. The highest BCUT2D eigenvalue weighted by molar-refractivity contribution is 5.99. The lowest BCUT2D eigenvalue weighted by Crippen LogP contribution is -2.25. The van der Waals surface area contributed by atoms with Gasteiger partial charge < -0.3 is 20.1 Å². The fourth-order valence-corrected chi connectivity index (χ4v) is 4.02. The van der Waals surface area contributed by atoms with E-state index in [0.717, 1.165) is 16.7 Å². The topological polar surface area (TPSA) is 81.9 Å². The smallest absolute Gasteiger partial charge is 0.248 e. The van der Waals surface area contributed by atoms with E-state index in [2.05, 4.69) is 13.0 Å². The molecule has 2 amide bonds. The fourth-order valence-electron chi connectivity index (χ4n) is 4.02. The summed E-state index contributed by atoms with van der Waals surface area (Å²) in [5.74, 6) is 0.842. The van der Waals surface area contributed by atoms with Crippen molar-refractivity contribution in [3.05, 3.63) is 89.0 Å². The first kappa shape index (κ1) is 21.4. The number of amides is 2. The van der Waals surface area contributed by atoms with E-state index in [1.54, 1.807) is 30.2 Å². The van der Waals surface area contributed by atoms with Crippen LogP contribution in [0.5, 0.6) is 11.5 Å². The zero-order chi connectivity index (χ0) is 22.7. The summed E-state index contributed by atoms with van der Waals surface area (Å²) < 4.78 is 11.6. The Kier molecular flexibility index (Phi) is 6.12. The molecule has 0 spiro atoms. The van der Waals surface area contributed by atoms with Crippen LogP contribution < -0.4 is 20.1 Å². The Bertz CT molecular complexity index is 1160. The Morgan fingerprint density at radius 3 is 2.66 bits per heavy atom. The molecule has 3 aromatic rings. The third kappa shape index (κ3) is 4.44. The van der Waals surface area contributed by atoms with Crippen molar-refractivity contribution in [2.24, 2.45) is 5.73 Å². The largest absolute Gasteiger partial charge is 0.497 e. The minimum atomic E-state index is -0.517. The number of ether oxygens (including phenoxy) is 2. The number of rotatable bonds is 7. The van der Waals surface area contributed by atoms with E-state index in [-0.39, 0.29) is 11.8 Å². The number of methoxy groups -OCH3 is 1. The van der Waals surface area contributed by atoms with Gasteiger partial charge in [0.05, 0.1) is 7.11 Å². The maximum atomic E-state index is 12.8. The predicted molar refractivity (Wildman–Crippen MR) is 123 cm³/mol. The molecule has 1 fully saturated rings. The summed E-state index contributed by atoms with van der Waals surface area (Å²) >= 11 is 0. The molecule has 0 aliphatic carbocycles. The number of nitrogens with two attached hydrogens (primary N) is 1. The van der Waals surface area contributed by atoms with Gasteiger partial charge in [-0.05, 0) is 47.9 Å². The van der Waals surface area contributed by atoms with Crippen LogP contribution in [0, 0.1) is 6.92 Å². The predicted octanol–water partition coefficient (Wildman–Crippen LogP) is 4.20. The first-order valence-corrected chi connectivity index (χ1v) is 10.5. The molecule has 1 saturated heterocycles. The summed E-state index contributed by atoms with van der Waals surface area (Å²) in [5, 5.41) is 0. The number of benzene rings is 3. The standard InChI is InChI=1S/C26H26N2O4/c1-17-6-3-4-7-19(17)16-32-24-14-22(31-2)10-11-23(24)20-13-25(29)28(15-20)21-9-5-8-18(12-21)26(27)30/h3-12,14,20H,13,15-16H2,1-2H3,(H2,27,30). The number of carbonyl (C=O) groups excluding carboxylic acids is 2. The molecule has 0 bridgehead atoms. The van der Waals surface area contributed by atoms with Gasteiger partial charge in [0.1, 0.15) is 18.1 Å². The van der Waals surface area contributed by atoms with E-state index in [1.165, 1.54) is 0 Å². The van der Waals surface area contributed by atoms with Gasteiger partial charge in [-0.1, -0.05) is 36.4 Å². The Morgan fingerprint density at radius 1 is 1.09 bits per heavy atom. The van der Waals surface area contributed by atoms with Crippen LogP contribution in [0.3, 0.4) is 0 Å². The van der Waals surface area contributed by atoms with Gasteiger partial charge >= 0.3 is 0 Å². The molecule has 1 unspecified atom stereocenters. The average Bonchev–Trinajstić information content (AvgIpc) is 3.19. The molecule has 6 nitrogen and oxygen atoms in total. The van der Waals surface area contributed by atoms with E-state index in [0.29, 0.717) is 42.3 Å². The fraction of sp³-hybridized carbons (Fsp3) is 0.231. The minimum Gasteiger partial charge on any atom is -0.497 e. The highest BCUT2D eigenvalue weighted by atomic mass is 16.5. The van der Waals surface area contributed by atoms with Crippen molar-refractivity contribution in [2.45, 2.75) is 25.9 Å². The summed E-state index contributed by atoms with van der Waals surface area (Å²) in [4.78, 5) is 26.1. The van der Waals surface area contributed by atoms with Gasteiger partial charge in [0.2, 0.25) is 11.8 Å². The van der Waals surface area contributed by atoms with Crippen molar-refractivity contribution in [1.82, 2.24) is 0 Å². The second-order valence-corrected chi connectivity index (χ2v) is 7.94. The molecule has 0 aromatic heterocycles. The van der Waals surface area contributed by atoms with Gasteiger partial charge in [0.25, 0.3) is 0 Å². The molecule has 2 N–H and O–H groups in total. The van der Waals surface area contributed by atoms with Gasteiger partial charge in [-0.3, -0.25) is 9.59 Å². The van der Waals surface area contributed by atoms with Crippen LogP contribution in [0.2, 0.25) is 0 Å². The number of anilines is 1. The summed E-state index contributed by atoms with van der Waals surface area (Å²) in [6.07, 6.45) is 0.355. The van der Waals surface area contributed by atoms with Crippen molar-refractivity contribution in [1.29, 1.82) is 0 Å². The van der Waals surface area contributed by atoms with Crippen molar-refractivity contribution < 1.29 is 19.1 Å². The number of hydrogen-bond acceptors (Lipinski definition) is 4. The van der Waals surface area contributed by atoms with E-state index in [4.69, 9.17) is 15.2 Å². The molecule has 1 atom stereocenters. The highest BCUT2D eigenvalue weighted by Gasteiger charge is 2.33. The normalized spacial score (nSPS) is 15.6. The molecule has 1 heterocycles. The maximum Gasteiger partial charge on any atom is 0.248 e. The Balaban J connectivity index is 1.59. The summed E-state index contributed by atoms with van der Waals surface area (Å²) in [6, 6.07) is 20.7. The SMILES string of the molecule is COc1ccc(C2CC(=O)N(c3cccc(C(N)=O)c3)C2)c(OCc2ccccc2C)c1. The van der Waals surface area contributed by atoms with E-state index in [1.807, 2.05) is 42.5 Å². The van der Waals surface area contributed by atoms with E-state index in [9.17, 15) is 9.59 Å². The number of nitrogens with zero attached hydrogens (tertiary/aromatic N) is 1. The Morgan fingerprint density at radius 2 is 1.91 bits per heavy atom. The van der Waals surface area contributed by atoms with Crippen molar-refractivity contribution in [2.75, 3.05) is 18.6 Å². The molecule has 1 aliphatic rings. The quantitative estimate of drug-likeness (QED) is 0.609. The zero-order valence-corrected chi connectivity index (χ0v) is 18.2. The molecular weight excluding hydrogens is 404 g/mol. The zero-order valence-electron chi connectivity index (χ0n) is 18.2. The first-order valence-electron chi connectivity index (χ1n) is 10.5. The van der Waals surface area contributed by atoms with Crippen LogP contribution in [0.25, 0.3) is 0 Å². The molecule has 3 aromatic carbocycles.